The van der Waals surface area contributed by atoms with E-state index >= 15 is 0 Å². The lowest BCUT2D eigenvalue weighted by molar-refractivity contribution is 0.436. The standard InChI is InChI=1S/C61H42N2O/c1-3-15-41(16-4-1)42-27-32-46(33-28-42)62(47-34-29-43(30-35-47)44-31-38-58-52(39-44)51-20-8-12-24-57(51)63(58)45-17-5-2-6-18-45)48-36-37-50-49-19-7-9-21-53(49)61(56(50)40-48)54-22-10-13-25-59(54)64-60-26-14-11-23-55(60)61/h1-17,19-40,45H,18H2. The third-order valence-electron chi connectivity index (χ3n) is 13.8. The maximum Gasteiger partial charge on any atom is 0.132 e. The smallest absolute Gasteiger partial charge is 0.132 e. The van der Waals surface area contributed by atoms with E-state index in [2.05, 4.69) is 246 Å². The summed E-state index contributed by atoms with van der Waals surface area (Å²) in [5.41, 5.74) is 17.4. The van der Waals surface area contributed by atoms with Crippen LogP contribution in [0.15, 0.2) is 237 Å². The van der Waals surface area contributed by atoms with Crippen LogP contribution in [0.25, 0.3) is 55.2 Å². The minimum absolute atomic E-state index is 0.296. The van der Waals surface area contributed by atoms with E-state index < -0.39 is 5.41 Å². The van der Waals surface area contributed by atoms with Gasteiger partial charge in [-0.25, -0.2) is 0 Å². The van der Waals surface area contributed by atoms with Crippen LogP contribution in [0.1, 0.15) is 34.7 Å². The van der Waals surface area contributed by atoms with Crippen LogP contribution < -0.4 is 9.64 Å². The molecule has 10 aromatic rings. The number of benzene rings is 9. The molecule has 3 heteroatoms. The predicted octanol–water partition coefficient (Wildman–Crippen LogP) is 16.1. The average molecular weight is 819 g/mol. The zero-order chi connectivity index (χ0) is 42.2. The summed E-state index contributed by atoms with van der Waals surface area (Å²) in [6.45, 7) is 0. The molecule has 2 heterocycles. The fourth-order valence-electron chi connectivity index (χ4n) is 11.0. The van der Waals surface area contributed by atoms with Gasteiger partial charge in [0, 0.05) is 50.0 Å². The zero-order valence-corrected chi connectivity index (χ0v) is 35.1. The zero-order valence-electron chi connectivity index (χ0n) is 35.1. The fourth-order valence-corrected chi connectivity index (χ4v) is 11.0. The molecule has 0 N–H and O–H groups in total. The summed E-state index contributed by atoms with van der Waals surface area (Å²) < 4.78 is 9.17. The summed E-state index contributed by atoms with van der Waals surface area (Å²) >= 11 is 0. The quantitative estimate of drug-likeness (QED) is 0.166. The molecule has 9 aromatic carbocycles. The molecule has 0 bridgehead atoms. The minimum Gasteiger partial charge on any atom is -0.457 e. The molecule has 1 aliphatic heterocycles. The van der Waals surface area contributed by atoms with Crippen molar-refractivity contribution in [1.82, 2.24) is 4.57 Å². The molecule has 1 spiro atoms. The van der Waals surface area contributed by atoms with Crippen molar-refractivity contribution in [2.75, 3.05) is 4.90 Å². The van der Waals surface area contributed by atoms with Crippen molar-refractivity contribution < 1.29 is 4.74 Å². The number of fused-ring (bicyclic) bond motifs is 12. The molecule has 13 rings (SSSR count). The third kappa shape index (κ3) is 5.47. The highest BCUT2D eigenvalue weighted by Crippen LogP contribution is 2.62. The van der Waals surface area contributed by atoms with Gasteiger partial charge >= 0.3 is 0 Å². The number of para-hydroxylation sites is 3. The highest BCUT2D eigenvalue weighted by atomic mass is 16.5. The van der Waals surface area contributed by atoms with Crippen LogP contribution in [0.5, 0.6) is 11.5 Å². The Balaban J connectivity index is 0.967. The number of nitrogens with zero attached hydrogens (tertiary/aromatic N) is 2. The van der Waals surface area contributed by atoms with E-state index in [1.165, 1.54) is 66.3 Å². The predicted molar refractivity (Wildman–Crippen MR) is 264 cm³/mol. The van der Waals surface area contributed by atoms with Gasteiger partial charge < -0.3 is 14.2 Å². The largest absolute Gasteiger partial charge is 0.457 e. The van der Waals surface area contributed by atoms with Crippen LogP contribution in [0.3, 0.4) is 0 Å². The van der Waals surface area contributed by atoms with Gasteiger partial charge in [-0.2, -0.15) is 0 Å². The first-order chi connectivity index (χ1) is 31.7. The maximum absolute atomic E-state index is 6.66. The van der Waals surface area contributed by atoms with E-state index in [9.17, 15) is 0 Å². The molecule has 3 aliphatic rings. The van der Waals surface area contributed by atoms with E-state index in [4.69, 9.17) is 4.74 Å². The number of aromatic nitrogens is 1. The summed E-state index contributed by atoms with van der Waals surface area (Å²) in [5, 5.41) is 2.57. The van der Waals surface area contributed by atoms with Gasteiger partial charge in [-0.15, -0.1) is 0 Å². The number of ether oxygens (including phenoxy) is 1. The molecule has 0 amide bonds. The first-order valence-electron chi connectivity index (χ1n) is 22.3. The molecule has 1 aromatic heterocycles. The normalized spacial score (nSPS) is 15.1. The van der Waals surface area contributed by atoms with Gasteiger partial charge in [-0.3, -0.25) is 0 Å². The van der Waals surface area contributed by atoms with Crippen molar-refractivity contribution in [3.05, 3.63) is 259 Å². The van der Waals surface area contributed by atoms with Crippen molar-refractivity contribution in [1.29, 1.82) is 0 Å². The molecule has 2 aliphatic carbocycles. The van der Waals surface area contributed by atoms with E-state index in [1.807, 2.05) is 0 Å². The summed E-state index contributed by atoms with van der Waals surface area (Å²) in [7, 11) is 0. The van der Waals surface area contributed by atoms with Gasteiger partial charge in [0.15, 0.2) is 0 Å². The van der Waals surface area contributed by atoms with Gasteiger partial charge in [0.05, 0.1) is 11.5 Å². The lowest BCUT2D eigenvalue weighted by Gasteiger charge is -2.39. The molecule has 1 atom stereocenters. The van der Waals surface area contributed by atoms with Gasteiger partial charge in [-0.05, 0) is 118 Å². The third-order valence-corrected chi connectivity index (χ3v) is 13.8. The van der Waals surface area contributed by atoms with Gasteiger partial charge in [-0.1, -0.05) is 170 Å². The second-order valence-electron chi connectivity index (χ2n) is 17.2. The Morgan fingerprint density at radius 3 is 1.70 bits per heavy atom. The molecule has 64 heavy (non-hydrogen) atoms. The monoisotopic (exact) mass is 818 g/mol. The van der Waals surface area contributed by atoms with E-state index in [0.29, 0.717) is 6.04 Å². The summed E-state index contributed by atoms with van der Waals surface area (Å²) in [5.74, 6) is 1.79. The fraction of sp³-hybridized carbons (Fsp3) is 0.0492. The Kier molecular flexibility index (Phi) is 8.26. The van der Waals surface area contributed by atoms with Gasteiger partial charge in [0.1, 0.15) is 11.5 Å². The first-order valence-corrected chi connectivity index (χ1v) is 22.3. The lowest BCUT2D eigenvalue weighted by atomic mass is 9.66. The second kappa shape index (κ2) is 14.5. The summed E-state index contributed by atoms with van der Waals surface area (Å²) in [4.78, 5) is 2.41. The molecule has 0 fully saturated rings. The van der Waals surface area contributed by atoms with Crippen molar-refractivity contribution >= 4 is 38.9 Å². The van der Waals surface area contributed by atoms with Crippen LogP contribution in [0.4, 0.5) is 17.1 Å². The number of allylic oxidation sites excluding steroid dienone is 4. The molecule has 302 valence electrons. The molecule has 0 saturated heterocycles. The van der Waals surface area contributed by atoms with Crippen molar-refractivity contribution in [2.24, 2.45) is 0 Å². The Morgan fingerprint density at radius 1 is 0.422 bits per heavy atom. The Hall–Kier alpha value is -8.14. The Morgan fingerprint density at radius 2 is 0.984 bits per heavy atom. The van der Waals surface area contributed by atoms with Crippen LogP contribution >= 0.6 is 0 Å². The molecular formula is C61H42N2O. The summed E-state index contributed by atoms with van der Waals surface area (Å²) in [6, 6.07) is 78.0. The van der Waals surface area contributed by atoms with Gasteiger partial charge in [0.2, 0.25) is 0 Å². The number of anilines is 3. The van der Waals surface area contributed by atoms with Crippen LogP contribution in [0, 0.1) is 0 Å². The van der Waals surface area contributed by atoms with Crippen molar-refractivity contribution in [3.8, 4) is 44.9 Å². The molecule has 3 nitrogen and oxygen atoms in total. The Bertz CT molecular complexity index is 3460. The van der Waals surface area contributed by atoms with E-state index in [-0.39, 0.29) is 0 Å². The van der Waals surface area contributed by atoms with E-state index in [0.717, 1.165) is 46.1 Å². The first kappa shape index (κ1) is 36.5. The average Bonchev–Trinajstić information content (AvgIpc) is 3.85. The Labute approximate surface area is 373 Å². The molecule has 0 saturated carbocycles. The number of hydrogen-bond acceptors (Lipinski definition) is 2. The minimum atomic E-state index is -0.564. The van der Waals surface area contributed by atoms with Crippen molar-refractivity contribution in [2.45, 2.75) is 17.9 Å². The molecular weight excluding hydrogens is 777 g/mol. The molecule has 1 unspecified atom stereocenters. The topological polar surface area (TPSA) is 17.4 Å². The van der Waals surface area contributed by atoms with E-state index in [1.54, 1.807) is 0 Å². The summed E-state index contributed by atoms with van der Waals surface area (Å²) in [6.07, 6.45) is 9.91. The highest BCUT2D eigenvalue weighted by molar-refractivity contribution is 6.09. The van der Waals surface area contributed by atoms with Crippen molar-refractivity contribution in [3.63, 3.8) is 0 Å². The van der Waals surface area contributed by atoms with Gasteiger partial charge in [0.25, 0.3) is 0 Å². The maximum atomic E-state index is 6.66. The van der Waals surface area contributed by atoms with Crippen LogP contribution in [-0.4, -0.2) is 4.57 Å². The van der Waals surface area contributed by atoms with Crippen LogP contribution in [0.2, 0.25) is 0 Å². The number of rotatable bonds is 6. The second-order valence-corrected chi connectivity index (χ2v) is 17.2. The van der Waals surface area contributed by atoms with Crippen LogP contribution in [-0.2, 0) is 5.41 Å². The lowest BCUT2D eigenvalue weighted by Crippen LogP contribution is -2.32. The number of hydrogen-bond donors (Lipinski definition) is 0. The SMILES string of the molecule is C1=CCC(n2c3ccccc3c3cc(-c4ccc(N(c5ccc(-c6ccccc6)cc5)c5ccc6c(c5)C5(c7ccccc7Oc7ccccc75)c5ccccc5-6)cc4)ccc32)C=C1. The highest BCUT2D eigenvalue weighted by Gasteiger charge is 2.51. The molecule has 0 radical (unpaired) electrons.